The van der Waals surface area contributed by atoms with Crippen LogP contribution in [0.5, 0.6) is 17.2 Å². The summed E-state index contributed by atoms with van der Waals surface area (Å²) in [7, 11) is 8.22. The molecule has 1 atom stereocenters. The van der Waals surface area contributed by atoms with E-state index in [1.54, 1.807) is 54.6 Å². The SMILES string of the molecule is COc1cc(C(C(=O)Nc2ccc(N(C)C)cc2)N(Cc2ccccc2F)C(=O)Cn2nnc3ccccc32)cc(OC)c1OC. The van der Waals surface area contributed by atoms with E-state index in [4.69, 9.17) is 14.2 Å². The van der Waals surface area contributed by atoms with Gasteiger partial charge in [0.05, 0.1) is 26.8 Å². The summed E-state index contributed by atoms with van der Waals surface area (Å²) in [5, 5.41) is 11.3. The second-order valence-electron chi connectivity index (χ2n) is 10.6. The van der Waals surface area contributed by atoms with E-state index in [1.165, 1.54) is 37.0 Å². The minimum absolute atomic E-state index is 0.222. The highest BCUT2D eigenvalue weighted by molar-refractivity contribution is 5.98. The third-order valence-electron chi connectivity index (χ3n) is 7.54. The molecule has 5 rings (SSSR count). The predicted molar refractivity (Wildman–Crippen MR) is 173 cm³/mol. The summed E-state index contributed by atoms with van der Waals surface area (Å²) in [6.07, 6.45) is 0. The molecule has 12 heteroatoms. The molecule has 5 aromatic rings. The number of anilines is 2. The average Bonchev–Trinajstić information content (AvgIpc) is 3.47. The van der Waals surface area contributed by atoms with E-state index in [1.807, 2.05) is 43.3 Å². The van der Waals surface area contributed by atoms with Crippen molar-refractivity contribution < 1.29 is 28.2 Å². The first kappa shape index (κ1) is 31.8. The summed E-state index contributed by atoms with van der Waals surface area (Å²) in [6, 6.07) is 22.5. The van der Waals surface area contributed by atoms with Gasteiger partial charge < -0.3 is 29.3 Å². The maximum absolute atomic E-state index is 15.1. The zero-order valence-corrected chi connectivity index (χ0v) is 26.2. The van der Waals surface area contributed by atoms with Crippen LogP contribution in [0, 0.1) is 5.82 Å². The average molecular weight is 627 g/mol. The zero-order valence-electron chi connectivity index (χ0n) is 26.2. The molecule has 0 bridgehead atoms. The minimum atomic E-state index is -1.27. The van der Waals surface area contributed by atoms with Crippen LogP contribution >= 0.6 is 0 Å². The maximum Gasteiger partial charge on any atom is 0.251 e. The number of rotatable bonds is 12. The Bertz CT molecular complexity index is 1820. The summed E-state index contributed by atoms with van der Waals surface area (Å²) < 4.78 is 33.3. The van der Waals surface area contributed by atoms with Crippen LogP contribution in [-0.4, -0.2) is 67.1 Å². The first-order valence-electron chi connectivity index (χ1n) is 14.4. The first-order valence-corrected chi connectivity index (χ1v) is 14.4. The fraction of sp³-hybridized carbons (Fsp3) is 0.235. The number of hydrogen-bond acceptors (Lipinski definition) is 8. The van der Waals surface area contributed by atoms with E-state index in [-0.39, 0.29) is 30.2 Å². The Labute approximate surface area is 266 Å². The van der Waals surface area contributed by atoms with Gasteiger partial charge in [-0.05, 0) is 60.2 Å². The Hall–Kier alpha value is -5.65. The molecule has 0 spiro atoms. The molecule has 0 saturated carbocycles. The molecule has 0 aliphatic rings. The third kappa shape index (κ3) is 6.70. The molecule has 0 saturated heterocycles. The Balaban J connectivity index is 1.64. The molecule has 0 radical (unpaired) electrons. The molecule has 1 N–H and O–H groups in total. The zero-order chi connectivity index (χ0) is 32.8. The van der Waals surface area contributed by atoms with Gasteiger partial charge in [0.1, 0.15) is 23.9 Å². The predicted octanol–water partition coefficient (Wildman–Crippen LogP) is 5.07. The van der Waals surface area contributed by atoms with Gasteiger partial charge in [0.15, 0.2) is 11.5 Å². The van der Waals surface area contributed by atoms with Gasteiger partial charge in [0.2, 0.25) is 11.7 Å². The second kappa shape index (κ2) is 14.0. The molecule has 0 aliphatic heterocycles. The van der Waals surface area contributed by atoms with Crippen molar-refractivity contribution in [1.29, 1.82) is 0 Å². The number of fused-ring (bicyclic) bond motifs is 1. The van der Waals surface area contributed by atoms with Gasteiger partial charge >= 0.3 is 0 Å². The van der Waals surface area contributed by atoms with Crippen LogP contribution in [0.4, 0.5) is 15.8 Å². The van der Waals surface area contributed by atoms with Gasteiger partial charge in [-0.15, -0.1) is 5.10 Å². The molecule has 2 amide bonds. The number of aromatic nitrogens is 3. The molecule has 0 fully saturated rings. The molecule has 4 aromatic carbocycles. The Morgan fingerprint density at radius 2 is 1.54 bits per heavy atom. The summed E-state index contributed by atoms with van der Waals surface area (Å²) in [6.45, 7) is -0.493. The van der Waals surface area contributed by atoms with Crippen molar-refractivity contribution >= 4 is 34.2 Å². The lowest BCUT2D eigenvalue weighted by Gasteiger charge is -2.32. The maximum atomic E-state index is 15.1. The first-order chi connectivity index (χ1) is 22.2. The number of amides is 2. The Morgan fingerprint density at radius 1 is 0.891 bits per heavy atom. The van der Waals surface area contributed by atoms with Crippen molar-refractivity contribution in [2.75, 3.05) is 45.6 Å². The number of ether oxygens (including phenoxy) is 3. The molecular formula is C34H35FN6O5. The van der Waals surface area contributed by atoms with Gasteiger partial charge in [-0.2, -0.15) is 0 Å². The summed E-state index contributed by atoms with van der Waals surface area (Å²) in [5.41, 5.74) is 3.27. The number of nitrogens with one attached hydrogen (secondary N) is 1. The standard InChI is InChI=1S/C34H35FN6O5/c1-39(2)25-16-14-24(15-17-25)36-34(43)32(23-18-29(44-3)33(46-5)30(19-23)45-4)40(20-22-10-6-7-11-26(22)35)31(42)21-41-28-13-9-8-12-27(28)37-38-41/h6-19,32H,20-21H2,1-5H3,(H,36,43). The second-order valence-corrected chi connectivity index (χ2v) is 10.6. The van der Waals surface area contributed by atoms with Gasteiger partial charge in [-0.1, -0.05) is 35.5 Å². The number of benzene rings is 4. The summed E-state index contributed by atoms with van der Waals surface area (Å²) >= 11 is 0. The lowest BCUT2D eigenvalue weighted by molar-refractivity contribution is -0.140. The van der Waals surface area contributed by atoms with Crippen molar-refractivity contribution in [3.05, 3.63) is 102 Å². The highest BCUT2D eigenvalue weighted by Crippen LogP contribution is 2.41. The van der Waals surface area contributed by atoms with E-state index < -0.39 is 23.7 Å². The van der Waals surface area contributed by atoms with Crippen molar-refractivity contribution in [1.82, 2.24) is 19.9 Å². The lowest BCUT2D eigenvalue weighted by atomic mass is 10.0. The van der Waals surface area contributed by atoms with Crippen LogP contribution in [0.15, 0.2) is 84.9 Å². The monoisotopic (exact) mass is 626 g/mol. The molecule has 1 unspecified atom stereocenters. The summed E-state index contributed by atoms with van der Waals surface area (Å²) in [4.78, 5) is 32.0. The fourth-order valence-electron chi connectivity index (χ4n) is 5.17. The molecule has 1 aromatic heterocycles. The third-order valence-corrected chi connectivity index (χ3v) is 7.54. The number of methoxy groups -OCH3 is 3. The number of halogens is 1. The Kier molecular flexibility index (Phi) is 9.65. The molecule has 238 valence electrons. The van der Waals surface area contributed by atoms with Crippen molar-refractivity contribution in [2.45, 2.75) is 19.1 Å². The van der Waals surface area contributed by atoms with Gasteiger partial charge in [-0.3, -0.25) is 9.59 Å². The van der Waals surface area contributed by atoms with Crippen molar-refractivity contribution in [3.63, 3.8) is 0 Å². The normalized spacial score (nSPS) is 11.5. The summed E-state index contributed by atoms with van der Waals surface area (Å²) in [5.74, 6) is -0.685. The molecular weight excluding hydrogens is 591 g/mol. The van der Waals surface area contributed by atoms with Crippen LogP contribution in [0.2, 0.25) is 0 Å². The topological polar surface area (TPSA) is 111 Å². The minimum Gasteiger partial charge on any atom is -0.493 e. The van der Waals surface area contributed by atoms with Gasteiger partial charge in [-0.25, -0.2) is 9.07 Å². The number of nitrogens with zero attached hydrogens (tertiary/aromatic N) is 5. The highest BCUT2D eigenvalue weighted by Gasteiger charge is 2.34. The largest absolute Gasteiger partial charge is 0.493 e. The van der Waals surface area contributed by atoms with Crippen LogP contribution in [0.25, 0.3) is 11.0 Å². The number of para-hydroxylation sites is 1. The van der Waals surface area contributed by atoms with Crippen LogP contribution in [0.3, 0.4) is 0 Å². The number of carbonyl (C=O) groups is 2. The van der Waals surface area contributed by atoms with E-state index in [0.717, 1.165) is 5.69 Å². The number of carbonyl (C=O) groups excluding carboxylic acids is 2. The Morgan fingerprint density at radius 3 is 2.17 bits per heavy atom. The fourth-order valence-corrected chi connectivity index (χ4v) is 5.17. The number of hydrogen-bond donors (Lipinski definition) is 1. The molecule has 46 heavy (non-hydrogen) atoms. The van der Waals surface area contributed by atoms with Crippen LogP contribution in [0.1, 0.15) is 17.2 Å². The van der Waals surface area contributed by atoms with E-state index >= 15 is 4.39 Å². The molecule has 11 nitrogen and oxygen atoms in total. The quantitative estimate of drug-likeness (QED) is 0.204. The lowest BCUT2D eigenvalue weighted by Crippen LogP contribution is -2.42. The van der Waals surface area contributed by atoms with Crippen molar-refractivity contribution in [2.24, 2.45) is 0 Å². The highest BCUT2D eigenvalue weighted by atomic mass is 19.1. The smallest absolute Gasteiger partial charge is 0.251 e. The van der Waals surface area contributed by atoms with E-state index in [9.17, 15) is 9.59 Å². The van der Waals surface area contributed by atoms with E-state index in [0.29, 0.717) is 28.0 Å². The van der Waals surface area contributed by atoms with Crippen molar-refractivity contribution in [3.8, 4) is 17.2 Å². The van der Waals surface area contributed by atoms with Crippen LogP contribution < -0.4 is 24.4 Å². The van der Waals surface area contributed by atoms with Crippen LogP contribution in [-0.2, 0) is 22.7 Å². The van der Waals surface area contributed by atoms with Gasteiger partial charge in [0.25, 0.3) is 5.91 Å². The van der Waals surface area contributed by atoms with E-state index in [2.05, 4.69) is 15.6 Å². The van der Waals surface area contributed by atoms with Gasteiger partial charge in [0, 0.05) is 37.6 Å². The molecule has 0 aliphatic carbocycles. The molecule has 1 heterocycles.